The quantitative estimate of drug-likeness (QED) is 0.814. The van der Waals surface area contributed by atoms with Gasteiger partial charge >= 0.3 is 6.09 Å². The van der Waals surface area contributed by atoms with Crippen molar-refractivity contribution >= 4 is 27.5 Å². The molecule has 2 aromatic rings. The average Bonchev–Trinajstić information content (AvgIpc) is 2.66. The molecule has 0 saturated heterocycles. The van der Waals surface area contributed by atoms with Gasteiger partial charge in [-0.25, -0.2) is 13.2 Å². The Kier molecular flexibility index (Phi) is 6.01. The van der Waals surface area contributed by atoms with Gasteiger partial charge in [0.2, 0.25) is 10.0 Å². The van der Waals surface area contributed by atoms with Crippen LogP contribution in [-0.4, -0.2) is 26.8 Å². The fraction of sp³-hybridized carbons (Fsp3) is 0.350. The first-order chi connectivity index (χ1) is 13.0. The molecule has 1 aliphatic rings. The first-order valence-corrected chi connectivity index (χ1v) is 10.7. The van der Waals surface area contributed by atoms with E-state index in [1.165, 1.54) is 4.31 Å². The normalized spacial score (nSPS) is 13.7. The maximum absolute atomic E-state index is 12.6. The summed E-state index contributed by atoms with van der Waals surface area (Å²) in [7, 11) is -3.35. The van der Waals surface area contributed by atoms with Crippen LogP contribution in [-0.2, 0) is 27.8 Å². The summed E-state index contributed by atoms with van der Waals surface area (Å²) in [4.78, 5) is 12.1. The molecule has 2 aromatic carbocycles. The van der Waals surface area contributed by atoms with Crippen molar-refractivity contribution in [2.24, 2.45) is 0 Å². The minimum atomic E-state index is -3.35. The molecule has 6 nitrogen and oxygen atoms in total. The molecule has 0 fully saturated rings. The first kappa shape index (κ1) is 19.2. The summed E-state index contributed by atoms with van der Waals surface area (Å²) in [5, 5.41) is 2.68. The van der Waals surface area contributed by atoms with Gasteiger partial charge in [0.05, 0.1) is 11.4 Å². The van der Waals surface area contributed by atoms with E-state index in [1.807, 2.05) is 43.3 Å². The number of carbonyl (C=O) groups excluding carboxylic acids is 1. The van der Waals surface area contributed by atoms with Crippen LogP contribution in [0.15, 0.2) is 48.5 Å². The van der Waals surface area contributed by atoms with E-state index in [0.717, 1.165) is 24.0 Å². The number of ether oxygens (including phenoxy) is 1. The van der Waals surface area contributed by atoms with Gasteiger partial charge < -0.3 is 4.74 Å². The van der Waals surface area contributed by atoms with Crippen molar-refractivity contribution < 1.29 is 17.9 Å². The fourth-order valence-electron chi connectivity index (χ4n) is 3.15. The number of aryl methyl sites for hydroxylation is 1. The summed E-state index contributed by atoms with van der Waals surface area (Å²) in [6.07, 6.45) is 1.61. The first-order valence-electron chi connectivity index (χ1n) is 9.10. The van der Waals surface area contributed by atoms with Crippen LogP contribution in [0.1, 0.15) is 30.9 Å². The van der Waals surface area contributed by atoms with E-state index in [2.05, 4.69) is 5.32 Å². The molecular formula is C20H24N2O4S. The summed E-state index contributed by atoms with van der Waals surface area (Å²) in [5.41, 5.74) is 3.04. The second kappa shape index (κ2) is 8.43. The standard InChI is InChI=1S/C20H24N2O4S/c1-2-13-27(24,25)22-12-6-9-17-10-11-18(14-19(17)22)21-20(23)26-15-16-7-4-3-5-8-16/h3-5,7-8,10-11,14H,2,6,9,12-13,15H2,1H3,(H,21,23). The van der Waals surface area contributed by atoms with Crippen molar-refractivity contribution in [2.45, 2.75) is 32.8 Å². The Balaban J connectivity index is 1.71. The lowest BCUT2D eigenvalue weighted by Gasteiger charge is -2.30. The molecule has 1 heterocycles. The number of hydrogen-bond acceptors (Lipinski definition) is 4. The third-order valence-corrected chi connectivity index (χ3v) is 6.39. The van der Waals surface area contributed by atoms with Crippen LogP contribution in [0.4, 0.5) is 16.2 Å². The van der Waals surface area contributed by atoms with Crippen LogP contribution < -0.4 is 9.62 Å². The molecule has 1 aliphatic heterocycles. The number of hydrogen-bond donors (Lipinski definition) is 1. The van der Waals surface area contributed by atoms with Gasteiger partial charge in [-0.05, 0) is 42.5 Å². The Morgan fingerprint density at radius 2 is 1.96 bits per heavy atom. The van der Waals surface area contributed by atoms with Crippen molar-refractivity contribution in [3.63, 3.8) is 0 Å². The predicted octanol–water partition coefficient (Wildman–Crippen LogP) is 3.93. The van der Waals surface area contributed by atoms with E-state index in [4.69, 9.17) is 4.74 Å². The number of fused-ring (bicyclic) bond motifs is 1. The zero-order valence-electron chi connectivity index (χ0n) is 15.3. The van der Waals surface area contributed by atoms with E-state index in [1.54, 1.807) is 12.1 Å². The molecule has 0 aliphatic carbocycles. The van der Waals surface area contributed by atoms with Crippen LogP contribution in [0.25, 0.3) is 0 Å². The Hall–Kier alpha value is -2.54. The van der Waals surface area contributed by atoms with Crippen molar-refractivity contribution in [3.05, 3.63) is 59.7 Å². The van der Waals surface area contributed by atoms with E-state index < -0.39 is 16.1 Å². The minimum Gasteiger partial charge on any atom is -0.444 e. The summed E-state index contributed by atoms with van der Waals surface area (Å²) in [5.74, 6) is 0.114. The highest BCUT2D eigenvalue weighted by Gasteiger charge is 2.27. The summed E-state index contributed by atoms with van der Waals surface area (Å²) in [6, 6.07) is 14.8. The highest BCUT2D eigenvalue weighted by molar-refractivity contribution is 7.92. The molecule has 27 heavy (non-hydrogen) atoms. The lowest BCUT2D eigenvalue weighted by atomic mass is 10.0. The number of sulfonamides is 1. The number of nitrogens with one attached hydrogen (secondary N) is 1. The minimum absolute atomic E-state index is 0.114. The fourth-order valence-corrected chi connectivity index (χ4v) is 4.77. The number of rotatable bonds is 6. The van der Waals surface area contributed by atoms with Crippen LogP contribution in [0.5, 0.6) is 0 Å². The predicted molar refractivity (Wildman–Crippen MR) is 106 cm³/mol. The molecule has 0 aromatic heterocycles. The second-order valence-corrected chi connectivity index (χ2v) is 8.53. The number of benzene rings is 2. The number of anilines is 2. The van der Waals surface area contributed by atoms with Gasteiger partial charge in [0, 0.05) is 12.2 Å². The maximum atomic E-state index is 12.6. The lowest BCUT2D eigenvalue weighted by Crippen LogP contribution is -2.37. The van der Waals surface area contributed by atoms with Crippen LogP contribution in [0.2, 0.25) is 0 Å². The van der Waals surface area contributed by atoms with Gasteiger partial charge in [0.25, 0.3) is 0 Å². The molecule has 0 spiro atoms. The Morgan fingerprint density at radius 3 is 2.70 bits per heavy atom. The zero-order valence-corrected chi connectivity index (χ0v) is 16.2. The van der Waals surface area contributed by atoms with E-state index in [0.29, 0.717) is 24.3 Å². The molecule has 0 atom stereocenters. The number of nitrogens with zero attached hydrogens (tertiary/aromatic N) is 1. The molecule has 0 unspecified atom stereocenters. The van der Waals surface area contributed by atoms with Gasteiger partial charge in [-0.3, -0.25) is 9.62 Å². The van der Waals surface area contributed by atoms with Crippen molar-refractivity contribution in [1.82, 2.24) is 0 Å². The average molecular weight is 388 g/mol. The summed E-state index contributed by atoms with van der Waals surface area (Å²) >= 11 is 0. The van der Waals surface area contributed by atoms with E-state index >= 15 is 0 Å². The number of carbonyl (C=O) groups is 1. The summed E-state index contributed by atoms with van der Waals surface area (Å²) in [6.45, 7) is 2.50. The monoisotopic (exact) mass is 388 g/mol. The lowest BCUT2D eigenvalue weighted by molar-refractivity contribution is 0.155. The maximum Gasteiger partial charge on any atom is 0.411 e. The number of amides is 1. The van der Waals surface area contributed by atoms with Gasteiger partial charge in [-0.1, -0.05) is 43.3 Å². The van der Waals surface area contributed by atoms with Crippen molar-refractivity contribution in [1.29, 1.82) is 0 Å². The van der Waals surface area contributed by atoms with Crippen molar-refractivity contribution in [2.75, 3.05) is 21.9 Å². The van der Waals surface area contributed by atoms with E-state index in [9.17, 15) is 13.2 Å². The molecule has 0 bridgehead atoms. The van der Waals surface area contributed by atoms with E-state index in [-0.39, 0.29) is 12.4 Å². The molecule has 0 saturated carbocycles. The Bertz CT molecular complexity index is 897. The molecular weight excluding hydrogens is 364 g/mol. The molecule has 1 N–H and O–H groups in total. The SMILES string of the molecule is CCCS(=O)(=O)N1CCCc2ccc(NC(=O)OCc3ccccc3)cc21. The smallest absolute Gasteiger partial charge is 0.411 e. The molecule has 7 heteroatoms. The van der Waals surface area contributed by atoms with Crippen LogP contribution in [0, 0.1) is 0 Å². The van der Waals surface area contributed by atoms with Gasteiger partial charge in [0.15, 0.2) is 0 Å². The Labute approximate surface area is 160 Å². The third kappa shape index (κ3) is 4.80. The van der Waals surface area contributed by atoms with Crippen LogP contribution in [0.3, 0.4) is 0 Å². The van der Waals surface area contributed by atoms with Crippen molar-refractivity contribution in [3.8, 4) is 0 Å². The molecule has 144 valence electrons. The highest BCUT2D eigenvalue weighted by Crippen LogP contribution is 2.32. The highest BCUT2D eigenvalue weighted by atomic mass is 32.2. The van der Waals surface area contributed by atoms with Crippen LogP contribution >= 0.6 is 0 Å². The second-order valence-electron chi connectivity index (χ2n) is 6.52. The Morgan fingerprint density at radius 1 is 1.19 bits per heavy atom. The van der Waals surface area contributed by atoms with Gasteiger partial charge in [-0.2, -0.15) is 0 Å². The molecule has 1 amide bonds. The topological polar surface area (TPSA) is 75.7 Å². The molecule has 0 radical (unpaired) electrons. The summed E-state index contributed by atoms with van der Waals surface area (Å²) < 4.78 is 31.8. The third-order valence-electron chi connectivity index (χ3n) is 4.42. The largest absolute Gasteiger partial charge is 0.444 e. The zero-order chi connectivity index (χ0) is 19.3. The van der Waals surface area contributed by atoms with Gasteiger partial charge in [-0.15, -0.1) is 0 Å². The van der Waals surface area contributed by atoms with Gasteiger partial charge in [0.1, 0.15) is 6.61 Å². The molecule has 3 rings (SSSR count).